The largest absolute Gasteiger partial charge is 0.385 e. The first-order chi connectivity index (χ1) is 18.5. The van der Waals surface area contributed by atoms with Gasteiger partial charge in [-0.05, 0) is 38.2 Å². The number of carbonyl (C=O) groups is 4. The van der Waals surface area contributed by atoms with Gasteiger partial charge in [0, 0.05) is 26.2 Å². The number of hydrogen-bond acceptors (Lipinski definition) is 8. The average molecular weight is 543 g/mol. The van der Waals surface area contributed by atoms with E-state index in [1.54, 1.807) is 13.8 Å². The van der Waals surface area contributed by atoms with Crippen molar-refractivity contribution in [1.29, 1.82) is 0 Å². The topological polar surface area (TPSA) is 152 Å². The SMILES string of the molecule is COCCC(NC(=O)c1cc(C)on1)C(=O)NC(Cc1ccccc1)C(=O)N[C@@H](CC(C)C)C(=O)[C@@]1(C)CO1. The van der Waals surface area contributed by atoms with E-state index in [9.17, 15) is 19.2 Å². The van der Waals surface area contributed by atoms with E-state index in [2.05, 4.69) is 21.1 Å². The van der Waals surface area contributed by atoms with Crippen LogP contribution in [0, 0.1) is 12.8 Å². The first-order valence-electron chi connectivity index (χ1n) is 13.1. The van der Waals surface area contributed by atoms with Gasteiger partial charge < -0.3 is 29.9 Å². The average Bonchev–Trinajstić information content (AvgIpc) is 3.50. The number of nitrogens with one attached hydrogen (secondary N) is 3. The summed E-state index contributed by atoms with van der Waals surface area (Å²) in [4.78, 5) is 52.7. The van der Waals surface area contributed by atoms with Crippen molar-refractivity contribution >= 4 is 23.5 Å². The smallest absolute Gasteiger partial charge is 0.274 e. The first kappa shape index (κ1) is 30.0. The van der Waals surface area contributed by atoms with E-state index < -0.39 is 41.4 Å². The summed E-state index contributed by atoms with van der Waals surface area (Å²) in [7, 11) is 1.49. The molecule has 0 aliphatic carbocycles. The second-order valence-electron chi connectivity index (χ2n) is 10.5. The molecule has 3 rings (SSSR count). The van der Waals surface area contributed by atoms with Crippen molar-refractivity contribution in [1.82, 2.24) is 21.1 Å². The third-order valence-electron chi connectivity index (χ3n) is 6.45. The number of aryl methyl sites for hydroxylation is 1. The molecule has 212 valence electrons. The molecule has 0 radical (unpaired) electrons. The second-order valence-corrected chi connectivity index (χ2v) is 10.5. The molecule has 11 heteroatoms. The monoisotopic (exact) mass is 542 g/mol. The van der Waals surface area contributed by atoms with Crippen LogP contribution in [0.1, 0.15) is 55.4 Å². The van der Waals surface area contributed by atoms with E-state index in [0.717, 1.165) is 5.56 Å². The van der Waals surface area contributed by atoms with E-state index in [1.807, 2.05) is 44.2 Å². The molecule has 3 amide bonds. The third-order valence-corrected chi connectivity index (χ3v) is 6.45. The molecule has 1 saturated heterocycles. The van der Waals surface area contributed by atoms with E-state index >= 15 is 0 Å². The number of Topliss-reactive ketones (excluding diaryl/α,β-unsaturated/α-hetero) is 1. The third kappa shape index (κ3) is 8.72. The zero-order valence-corrected chi connectivity index (χ0v) is 23.1. The van der Waals surface area contributed by atoms with Crippen LogP contribution in [0.3, 0.4) is 0 Å². The lowest BCUT2D eigenvalue weighted by atomic mass is 9.93. The fourth-order valence-corrected chi connectivity index (χ4v) is 4.14. The van der Waals surface area contributed by atoms with Gasteiger partial charge in [0.05, 0.1) is 12.6 Å². The molecule has 3 N–H and O–H groups in total. The Labute approximate surface area is 228 Å². The molecule has 2 heterocycles. The number of amides is 3. The summed E-state index contributed by atoms with van der Waals surface area (Å²) in [6.45, 7) is 7.79. The molecule has 1 aromatic heterocycles. The van der Waals surface area contributed by atoms with Crippen molar-refractivity contribution in [2.75, 3.05) is 20.3 Å². The van der Waals surface area contributed by atoms with Gasteiger partial charge in [0.1, 0.15) is 23.4 Å². The first-order valence-corrected chi connectivity index (χ1v) is 13.1. The van der Waals surface area contributed by atoms with Crippen LogP contribution >= 0.6 is 0 Å². The van der Waals surface area contributed by atoms with Crippen molar-refractivity contribution in [2.45, 2.75) is 70.7 Å². The molecule has 1 aromatic carbocycles. The summed E-state index contributed by atoms with van der Waals surface area (Å²) in [5.41, 5.74) is -0.0511. The van der Waals surface area contributed by atoms with Crippen molar-refractivity contribution in [3.05, 3.63) is 53.4 Å². The van der Waals surface area contributed by atoms with Gasteiger partial charge in [-0.2, -0.15) is 0 Å². The highest BCUT2D eigenvalue weighted by atomic mass is 16.6. The van der Waals surface area contributed by atoms with E-state index in [-0.39, 0.29) is 36.8 Å². The molecule has 0 saturated carbocycles. The second kappa shape index (κ2) is 13.5. The molecule has 11 nitrogen and oxygen atoms in total. The normalized spacial score (nSPS) is 18.6. The number of carbonyl (C=O) groups excluding carboxylic acids is 4. The molecule has 4 atom stereocenters. The Morgan fingerprint density at radius 3 is 2.23 bits per heavy atom. The molecule has 2 aromatic rings. The predicted molar refractivity (Wildman–Crippen MR) is 142 cm³/mol. The van der Waals surface area contributed by atoms with Gasteiger partial charge in [-0.1, -0.05) is 49.3 Å². The van der Waals surface area contributed by atoms with Crippen LogP contribution in [0.15, 0.2) is 40.9 Å². The van der Waals surface area contributed by atoms with Crippen LogP contribution in [0.25, 0.3) is 0 Å². The quantitative estimate of drug-likeness (QED) is 0.288. The van der Waals surface area contributed by atoms with Crippen molar-refractivity contribution < 1.29 is 33.2 Å². The number of epoxide rings is 1. The standard InChI is InChI=1S/C28H38N4O7/c1-17(2)13-21(24(33)28(4)16-38-28)30-26(35)22(15-19-9-7-6-8-10-19)31-25(34)20(11-12-37-5)29-27(36)23-14-18(3)39-32-23/h6-10,14,17,20-22H,11-13,15-16H2,1-5H3,(H,29,36)(H,30,35)(H,31,34)/t20?,21-,22?,28+/m0/s1. The summed E-state index contributed by atoms with van der Waals surface area (Å²) in [6, 6.07) is 7.90. The minimum Gasteiger partial charge on any atom is -0.385 e. The Bertz CT molecular complexity index is 1140. The zero-order chi connectivity index (χ0) is 28.6. The maximum Gasteiger partial charge on any atom is 0.274 e. The fraction of sp³-hybridized carbons (Fsp3) is 0.536. The van der Waals surface area contributed by atoms with E-state index in [4.69, 9.17) is 14.0 Å². The lowest BCUT2D eigenvalue weighted by molar-refractivity contribution is -0.133. The number of rotatable bonds is 15. The molecular formula is C28H38N4O7. The zero-order valence-electron chi connectivity index (χ0n) is 23.1. The van der Waals surface area contributed by atoms with Gasteiger partial charge in [-0.15, -0.1) is 0 Å². The van der Waals surface area contributed by atoms with E-state index in [1.165, 1.54) is 13.2 Å². The number of benzene rings is 1. The maximum atomic E-state index is 13.6. The van der Waals surface area contributed by atoms with Gasteiger partial charge in [0.25, 0.3) is 5.91 Å². The highest BCUT2D eigenvalue weighted by molar-refractivity contribution is 5.99. The highest BCUT2D eigenvalue weighted by Gasteiger charge is 2.50. The summed E-state index contributed by atoms with van der Waals surface area (Å²) in [5, 5.41) is 12.0. The lowest BCUT2D eigenvalue weighted by Crippen LogP contribution is -2.57. The Morgan fingerprint density at radius 2 is 1.67 bits per heavy atom. The van der Waals surface area contributed by atoms with Crippen molar-refractivity contribution in [3.63, 3.8) is 0 Å². The molecule has 1 aliphatic rings. The summed E-state index contributed by atoms with van der Waals surface area (Å²) < 4.78 is 15.4. The highest BCUT2D eigenvalue weighted by Crippen LogP contribution is 2.29. The number of aromatic nitrogens is 1. The number of ether oxygens (including phenoxy) is 2. The Hall–Kier alpha value is -3.57. The number of hydrogen-bond donors (Lipinski definition) is 3. The molecule has 1 aliphatic heterocycles. The molecule has 2 unspecified atom stereocenters. The van der Waals surface area contributed by atoms with Crippen LogP contribution < -0.4 is 16.0 Å². The van der Waals surface area contributed by atoms with Crippen molar-refractivity contribution in [2.24, 2.45) is 5.92 Å². The van der Waals surface area contributed by atoms with Crippen LogP contribution in [0.5, 0.6) is 0 Å². The van der Waals surface area contributed by atoms with Crippen LogP contribution in [0.2, 0.25) is 0 Å². The molecular weight excluding hydrogens is 504 g/mol. The lowest BCUT2D eigenvalue weighted by Gasteiger charge is -2.26. The Kier molecular flexibility index (Phi) is 10.4. The van der Waals surface area contributed by atoms with Crippen LogP contribution in [0.4, 0.5) is 0 Å². The summed E-state index contributed by atoms with van der Waals surface area (Å²) >= 11 is 0. The van der Waals surface area contributed by atoms with Gasteiger partial charge in [0.2, 0.25) is 11.8 Å². The summed E-state index contributed by atoms with van der Waals surface area (Å²) in [5.74, 6) is -1.26. The van der Waals surface area contributed by atoms with Crippen molar-refractivity contribution in [3.8, 4) is 0 Å². The maximum absolute atomic E-state index is 13.6. The van der Waals surface area contributed by atoms with Gasteiger partial charge in [-0.3, -0.25) is 19.2 Å². The molecule has 39 heavy (non-hydrogen) atoms. The molecule has 0 bridgehead atoms. The number of methoxy groups -OCH3 is 1. The number of nitrogens with zero attached hydrogens (tertiary/aromatic N) is 1. The number of ketones is 1. The molecule has 0 spiro atoms. The Balaban J connectivity index is 1.79. The fourth-order valence-electron chi connectivity index (χ4n) is 4.14. The van der Waals surface area contributed by atoms with Gasteiger partial charge in [0.15, 0.2) is 11.5 Å². The molecule has 1 fully saturated rings. The Morgan fingerprint density at radius 1 is 1.03 bits per heavy atom. The van der Waals surface area contributed by atoms with Crippen LogP contribution in [-0.4, -0.2) is 72.7 Å². The predicted octanol–water partition coefficient (Wildman–Crippen LogP) is 1.73. The minimum atomic E-state index is -1.01. The minimum absolute atomic E-state index is 0.0344. The van der Waals surface area contributed by atoms with Crippen LogP contribution in [-0.2, 0) is 30.3 Å². The van der Waals surface area contributed by atoms with Gasteiger partial charge >= 0.3 is 0 Å². The van der Waals surface area contributed by atoms with E-state index in [0.29, 0.717) is 18.8 Å². The summed E-state index contributed by atoms with van der Waals surface area (Å²) in [6.07, 6.45) is 0.774. The van der Waals surface area contributed by atoms with Gasteiger partial charge in [-0.25, -0.2) is 0 Å².